The molecule has 1 N–H and O–H groups in total. The van der Waals surface area contributed by atoms with E-state index in [1.165, 1.54) is 6.07 Å². The maximum Gasteiger partial charge on any atom is 0.228 e. The summed E-state index contributed by atoms with van der Waals surface area (Å²) < 4.78 is 8.97. The maximum absolute atomic E-state index is 12.8. The summed E-state index contributed by atoms with van der Waals surface area (Å²) in [5.41, 5.74) is 6.06. The highest BCUT2D eigenvalue weighted by Gasteiger charge is 2.12. The fourth-order valence-electron chi connectivity index (χ4n) is 4.66. The molecule has 6 nitrogen and oxygen atoms in total. The number of thiazole rings is 1. The molecule has 7 heteroatoms. The van der Waals surface area contributed by atoms with Gasteiger partial charge in [0.2, 0.25) is 11.3 Å². The Morgan fingerprint density at radius 3 is 2.34 bits per heavy atom. The Labute approximate surface area is 241 Å². The number of rotatable bonds is 8. The van der Waals surface area contributed by atoms with Gasteiger partial charge in [0.25, 0.3) is 0 Å². The first-order valence-corrected chi connectivity index (χ1v) is 14.1. The van der Waals surface area contributed by atoms with Gasteiger partial charge >= 0.3 is 0 Å². The Kier molecular flexibility index (Phi) is 7.43. The first kappa shape index (κ1) is 26.2. The number of hydrogen-bond donors (Lipinski definition) is 1. The minimum absolute atomic E-state index is 0.0957. The molecule has 0 radical (unpaired) electrons. The second-order valence-corrected chi connectivity index (χ2v) is 10.7. The summed E-state index contributed by atoms with van der Waals surface area (Å²) in [5, 5.41) is 3.94. The molecule has 0 bridgehead atoms. The second kappa shape index (κ2) is 11.6. The molecule has 0 saturated heterocycles. The van der Waals surface area contributed by atoms with Crippen molar-refractivity contribution in [3.8, 4) is 22.0 Å². The zero-order valence-electron chi connectivity index (χ0n) is 22.4. The summed E-state index contributed by atoms with van der Waals surface area (Å²) in [6.07, 6.45) is 1.99. The molecule has 0 unspecified atom stereocenters. The van der Waals surface area contributed by atoms with Crippen LogP contribution in [0, 0.1) is 6.92 Å². The average Bonchev–Trinajstić information content (AvgIpc) is 3.43. The Balaban J connectivity index is 1.10. The van der Waals surface area contributed by atoms with E-state index in [1.807, 2.05) is 109 Å². The number of carbonyl (C=O) groups excluding carboxylic acids is 1. The molecular formula is C34H27N3O3S. The summed E-state index contributed by atoms with van der Waals surface area (Å²) >= 11 is 1.65. The summed E-state index contributed by atoms with van der Waals surface area (Å²) in [7, 11) is 0. The highest BCUT2D eigenvalue weighted by molar-refractivity contribution is 7.21. The monoisotopic (exact) mass is 557 g/mol. The highest BCUT2D eigenvalue weighted by atomic mass is 32.1. The van der Waals surface area contributed by atoms with Gasteiger partial charge in [-0.25, -0.2) is 4.98 Å². The Bertz CT molecular complexity index is 1840. The van der Waals surface area contributed by atoms with Crippen molar-refractivity contribution in [2.45, 2.75) is 20.0 Å². The molecule has 0 spiro atoms. The number of nitrogens with zero attached hydrogens (tertiary/aromatic N) is 2. The zero-order valence-corrected chi connectivity index (χ0v) is 23.2. The standard InChI is InChI=1S/C34H27N3O3S/c1-23-33(40-22-25-7-3-2-4-8-25)30(38)19-20-37(23)28-17-11-24(12-18-28)21-32(39)35-27-15-13-26(14-16-27)34-36-29-9-5-6-10-31(29)41-34/h2-20H,21-22H2,1H3,(H,35,39). The molecule has 0 aliphatic carbocycles. The molecule has 2 heterocycles. The smallest absolute Gasteiger partial charge is 0.228 e. The lowest BCUT2D eigenvalue weighted by molar-refractivity contribution is -0.115. The van der Waals surface area contributed by atoms with Gasteiger partial charge in [0.15, 0.2) is 5.75 Å². The van der Waals surface area contributed by atoms with Crippen LogP contribution < -0.4 is 15.5 Å². The molecule has 0 aliphatic rings. The molecule has 0 saturated carbocycles. The van der Waals surface area contributed by atoms with Crippen LogP contribution >= 0.6 is 11.3 Å². The molecule has 0 fully saturated rings. The summed E-state index contributed by atoms with van der Waals surface area (Å²) in [6.45, 7) is 2.19. The number of amides is 1. The first-order chi connectivity index (χ1) is 20.0. The van der Waals surface area contributed by atoms with Crippen LogP contribution in [0.15, 0.2) is 120 Å². The van der Waals surface area contributed by atoms with Gasteiger partial charge < -0.3 is 14.6 Å². The van der Waals surface area contributed by atoms with Gasteiger partial charge in [-0.05, 0) is 66.6 Å². The van der Waals surface area contributed by atoms with Crippen LogP contribution in [0.1, 0.15) is 16.8 Å². The number of pyridine rings is 1. The Morgan fingerprint density at radius 1 is 0.854 bits per heavy atom. The van der Waals surface area contributed by atoms with Crippen LogP contribution in [0.2, 0.25) is 0 Å². The predicted octanol–water partition coefficient (Wildman–Crippen LogP) is 7.18. The van der Waals surface area contributed by atoms with Gasteiger partial charge in [0.05, 0.1) is 22.3 Å². The molecule has 1 amide bonds. The van der Waals surface area contributed by atoms with E-state index in [0.29, 0.717) is 18.1 Å². The highest BCUT2D eigenvalue weighted by Crippen LogP contribution is 2.30. The van der Waals surface area contributed by atoms with Crippen LogP contribution in [-0.2, 0) is 17.8 Å². The number of benzene rings is 4. The molecule has 202 valence electrons. The third kappa shape index (κ3) is 5.95. The number of carbonyl (C=O) groups is 1. The van der Waals surface area contributed by atoms with E-state index < -0.39 is 0 Å². The van der Waals surface area contributed by atoms with Crippen molar-refractivity contribution in [2.75, 3.05) is 5.32 Å². The normalized spacial score (nSPS) is 11.0. The number of ether oxygens (including phenoxy) is 1. The molecule has 6 rings (SSSR count). The van der Waals surface area contributed by atoms with E-state index in [0.717, 1.165) is 43.3 Å². The Morgan fingerprint density at radius 2 is 1.59 bits per heavy atom. The van der Waals surface area contributed by atoms with Crippen LogP contribution in [0.25, 0.3) is 26.5 Å². The van der Waals surface area contributed by atoms with Crippen LogP contribution in [-0.4, -0.2) is 15.5 Å². The molecular weight excluding hydrogens is 530 g/mol. The Hall–Kier alpha value is -5.01. The van der Waals surface area contributed by atoms with Crippen molar-refractivity contribution in [3.63, 3.8) is 0 Å². The van der Waals surface area contributed by atoms with Crippen LogP contribution in [0.4, 0.5) is 5.69 Å². The number of aromatic nitrogens is 2. The summed E-state index contributed by atoms with van der Waals surface area (Å²) in [4.78, 5) is 30.0. The van der Waals surface area contributed by atoms with E-state index in [4.69, 9.17) is 9.72 Å². The van der Waals surface area contributed by atoms with Crippen molar-refractivity contribution in [3.05, 3.63) is 142 Å². The summed E-state index contributed by atoms with van der Waals surface area (Å²) in [6, 6.07) is 34.8. The quantitative estimate of drug-likeness (QED) is 0.215. The van der Waals surface area contributed by atoms with Crippen molar-refractivity contribution >= 4 is 33.1 Å². The lowest BCUT2D eigenvalue weighted by Gasteiger charge is -2.15. The van der Waals surface area contributed by atoms with Gasteiger partial charge in [-0.3, -0.25) is 9.59 Å². The van der Waals surface area contributed by atoms with Gasteiger partial charge in [0.1, 0.15) is 11.6 Å². The molecule has 4 aromatic carbocycles. The van der Waals surface area contributed by atoms with Crippen LogP contribution in [0.5, 0.6) is 5.75 Å². The summed E-state index contributed by atoms with van der Waals surface area (Å²) in [5.74, 6) is 0.232. The van der Waals surface area contributed by atoms with Gasteiger partial charge in [-0.15, -0.1) is 11.3 Å². The molecule has 41 heavy (non-hydrogen) atoms. The van der Waals surface area contributed by atoms with E-state index in [9.17, 15) is 9.59 Å². The predicted molar refractivity (Wildman–Crippen MR) is 165 cm³/mol. The fraction of sp³-hybridized carbons (Fsp3) is 0.0882. The van der Waals surface area contributed by atoms with E-state index in [-0.39, 0.29) is 17.8 Å². The van der Waals surface area contributed by atoms with Crippen LogP contribution in [0.3, 0.4) is 0 Å². The zero-order chi connectivity index (χ0) is 28.2. The largest absolute Gasteiger partial charge is 0.483 e. The topological polar surface area (TPSA) is 73.2 Å². The molecule has 0 atom stereocenters. The number of anilines is 1. The number of nitrogens with one attached hydrogen (secondary N) is 1. The van der Waals surface area contributed by atoms with Crippen molar-refractivity contribution in [1.29, 1.82) is 0 Å². The lowest BCUT2D eigenvalue weighted by atomic mass is 10.1. The fourth-order valence-corrected chi connectivity index (χ4v) is 5.63. The third-order valence-corrected chi connectivity index (χ3v) is 7.89. The molecule has 0 aliphatic heterocycles. The molecule has 2 aromatic heterocycles. The van der Waals surface area contributed by atoms with Crippen molar-refractivity contribution in [1.82, 2.24) is 9.55 Å². The van der Waals surface area contributed by atoms with E-state index in [2.05, 4.69) is 11.4 Å². The maximum atomic E-state index is 12.8. The average molecular weight is 558 g/mol. The first-order valence-electron chi connectivity index (χ1n) is 13.3. The van der Waals surface area contributed by atoms with E-state index >= 15 is 0 Å². The SMILES string of the molecule is Cc1c(OCc2ccccc2)c(=O)ccn1-c1ccc(CC(=O)Nc2ccc(-c3nc4ccccc4s3)cc2)cc1. The van der Waals surface area contributed by atoms with E-state index in [1.54, 1.807) is 17.5 Å². The van der Waals surface area contributed by atoms with Crippen molar-refractivity contribution in [2.24, 2.45) is 0 Å². The van der Waals surface area contributed by atoms with Gasteiger partial charge in [-0.1, -0.05) is 54.6 Å². The minimum atomic E-state index is -0.156. The van der Waals surface area contributed by atoms with Gasteiger partial charge in [0, 0.05) is 29.2 Å². The second-order valence-electron chi connectivity index (χ2n) is 9.69. The van der Waals surface area contributed by atoms with Crippen molar-refractivity contribution < 1.29 is 9.53 Å². The molecule has 6 aromatic rings. The van der Waals surface area contributed by atoms with Gasteiger partial charge in [-0.2, -0.15) is 0 Å². The number of fused-ring (bicyclic) bond motifs is 1. The minimum Gasteiger partial charge on any atom is -0.483 e. The lowest BCUT2D eigenvalue weighted by Crippen LogP contribution is -2.15. The third-order valence-electron chi connectivity index (χ3n) is 6.80. The number of para-hydroxylation sites is 1. The number of hydrogen-bond acceptors (Lipinski definition) is 5.